The van der Waals surface area contributed by atoms with Crippen LogP contribution in [0.5, 0.6) is 0 Å². The average Bonchev–Trinajstić information content (AvgIpc) is 2.11. The monoisotopic (exact) mass is 149 g/mol. The summed E-state index contributed by atoms with van der Waals surface area (Å²) in [5.74, 6) is 0.432. The molecule has 2 N–H and O–H groups in total. The highest BCUT2D eigenvalue weighted by Gasteiger charge is 2.03. The second-order valence-corrected chi connectivity index (χ2v) is 2.56. The highest BCUT2D eigenvalue weighted by molar-refractivity contribution is 5.81. The Bertz CT molecular complexity index is 248. The fourth-order valence-electron chi connectivity index (χ4n) is 0.943. The summed E-state index contributed by atoms with van der Waals surface area (Å²) in [5, 5.41) is 16.3. The van der Waals surface area contributed by atoms with Gasteiger partial charge in [-0.05, 0) is 12.0 Å². The summed E-state index contributed by atoms with van der Waals surface area (Å²) >= 11 is 0. The molecular formula is C9H11NO. The van der Waals surface area contributed by atoms with Crippen molar-refractivity contribution in [3.8, 4) is 0 Å². The molecule has 0 saturated carbocycles. The molecule has 58 valence electrons. The van der Waals surface area contributed by atoms with Crippen LogP contribution >= 0.6 is 0 Å². The van der Waals surface area contributed by atoms with Crippen molar-refractivity contribution in [2.75, 3.05) is 0 Å². The highest BCUT2D eigenvalue weighted by Crippen LogP contribution is 2.13. The highest BCUT2D eigenvalue weighted by atomic mass is 16.3. The van der Waals surface area contributed by atoms with Gasteiger partial charge >= 0.3 is 0 Å². The van der Waals surface area contributed by atoms with E-state index in [1.54, 1.807) is 12.2 Å². The summed E-state index contributed by atoms with van der Waals surface area (Å²) in [7, 11) is 0. The minimum atomic E-state index is 0.192. The van der Waals surface area contributed by atoms with Gasteiger partial charge in [-0.25, -0.2) is 0 Å². The second-order valence-electron chi connectivity index (χ2n) is 2.56. The molecule has 0 aromatic carbocycles. The zero-order valence-corrected chi connectivity index (χ0v) is 6.41. The number of aliphatic hydroxyl groups is 1. The molecule has 1 unspecified atom stereocenters. The lowest BCUT2D eigenvalue weighted by Gasteiger charge is -1.98. The van der Waals surface area contributed by atoms with Crippen LogP contribution in [0.1, 0.15) is 6.92 Å². The summed E-state index contributed by atoms with van der Waals surface area (Å²) in [4.78, 5) is 0. The number of hydrogen-bond acceptors (Lipinski definition) is 2. The molecule has 0 spiro atoms. The van der Waals surface area contributed by atoms with Crippen LogP contribution < -0.4 is 0 Å². The van der Waals surface area contributed by atoms with E-state index in [0.29, 0.717) is 5.57 Å². The summed E-state index contributed by atoms with van der Waals surface area (Å²) in [6.45, 7) is 1.98. The standard InChI is InChI=1S/C9H11NO/c1-7-3-2-4-8(6-10)9(11)5-7/h2-7,10-11H,1H3. The molecule has 2 nitrogen and oxygen atoms in total. The fourth-order valence-corrected chi connectivity index (χ4v) is 0.943. The molecule has 0 bridgehead atoms. The Balaban J connectivity index is 2.97. The van der Waals surface area contributed by atoms with E-state index in [1.165, 1.54) is 0 Å². The van der Waals surface area contributed by atoms with Crippen LogP contribution in [0.15, 0.2) is 35.6 Å². The Hall–Kier alpha value is -1.31. The summed E-state index contributed by atoms with van der Waals surface area (Å²) in [6.07, 6.45) is 8.41. The Morgan fingerprint density at radius 2 is 2.36 bits per heavy atom. The van der Waals surface area contributed by atoms with Gasteiger partial charge in [0.1, 0.15) is 5.76 Å². The number of nitrogens with one attached hydrogen (secondary N) is 1. The summed E-state index contributed by atoms with van der Waals surface area (Å²) in [6, 6.07) is 0. The molecule has 0 aromatic heterocycles. The van der Waals surface area contributed by atoms with Gasteiger partial charge in [-0.3, -0.25) is 0 Å². The van der Waals surface area contributed by atoms with Crippen molar-refractivity contribution in [2.24, 2.45) is 5.92 Å². The van der Waals surface area contributed by atoms with E-state index < -0.39 is 0 Å². The zero-order valence-electron chi connectivity index (χ0n) is 6.41. The predicted molar refractivity (Wildman–Crippen MR) is 45.9 cm³/mol. The van der Waals surface area contributed by atoms with Gasteiger partial charge in [0.25, 0.3) is 0 Å². The Morgan fingerprint density at radius 3 is 3.00 bits per heavy atom. The molecule has 0 saturated heterocycles. The van der Waals surface area contributed by atoms with E-state index in [2.05, 4.69) is 0 Å². The van der Waals surface area contributed by atoms with E-state index in [1.807, 2.05) is 19.1 Å². The van der Waals surface area contributed by atoms with Crippen LogP contribution in [0, 0.1) is 11.3 Å². The summed E-state index contributed by atoms with van der Waals surface area (Å²) < 4.78 is 0. The van der Waals surface area contributed by atoms with Crippen molar-refractivity contribution in [2.45, 2.75) is 6.92 Å². The van der Waals surface area contributed by atoms with E-state index in [9.17, 15) is 5.11 Å². The van der Waals surface area contributed by atoms with Gasteiger partial charge in [0.05, 0.1) is 0 Å². The average molecular weight is 149 g/mol. The Morgan fingerprint density at radius 1 is 1.64 bits per heavy atom. The molecule has 2 heteroatoms. The first-order chi connectivity index (χ1) is 5.24. The van der Waals surface area contributed by atoms with Crippen LogP contribution in [-0.4, -0.2) is 11.3 Å². The van der Waals surface area contributed by atoms with Gasteiger partial charge in [0.15, 0.2) is 0 Å². The van der Waals surface area contributed by atoms with Gasteiger partial charge in [-0.2, -0.15) is 0 Å². The van der Waals surface area contributed by atoms with Gasteiger partial charge in [-0.15, -0.1) is 0 Å². The zero-order chi connectivity index (χ0) is 8.27. The molecule has 0 aromatic rings. The van der Waals surface area contributed by atoms with Gasteiger partial charge in [0.2, 0.25) is 0 Å². The topological polar surface area (TPSA) is 44.1 Å². The van der Waals surface area contributed by atoms with E-state index in [4.69, 9.17) is 5.41 Å². The molecule has 0 amide bonds. The Labute approximate surface area is 66.1 Å². The summed E-state index contributed by atoms with van der Waals surface area (Å²) in [5.41, 5.74) is 0.561. The van der Waals surface area contributed by atoms with Crippen molar-refractivity contribution in [1.29, 1.82) is 5.41 Å². The first-order valence-electron chi connectivity index (χ1n) is 3.54. The van der Waals surface area contributed by atoms with Gasteiger partial charge < -0.3 is 10.5 Å². The van der Waals surface area contributed by atoms with Crippen LogP contribution in [-0.2, 0) is 0 Å². The van der Waals surface area contributed by atoms with Crippen LogP contribution in [0.2, 0.25) is 0 Å². The van der Waals surface area contributed by atoms with Crippen molar-refractivity contribution in [3.05, 3.63) is 35.6 Å². The molecule has 1 aliphatic carbocycles. The van der Waals surface area contributed by atoms with Crippen molar-refractivity contribution in [1.82, 2.24) is 0 Å². The number of allylic oxidation sites excluding steroid dienone is 5. The van der Waals surface area contributed by atoms with Crippen molar-refractivity contribution < 1.29 is 5.11 Å². The smallest absolute Gasteiger partial charge is 0.120 e. The predicted octanol–water partition coefficient (Wildman–Crippen LogP) is 2.21. The van der Waals surface area contributed by atoms with E-state index >= 15 is 0 Å². The maximum Gasteiger partial charge on any atom is 0.120 e. The SMILES string of the molecule is CC1C=CC=C(C=N)C(O)=C1. The largest absolute Gasteiger partial charge is 0.508 e. The lowest BCUT2D eigenvalue weighted by atomic mass is 10.1. The lowest BCUT2D eigenvalue weighted by molar-refractivity contribution is 0.424. The van der Waals surface area contributed by atoms with Crippen LogP contribution in [0.3, 0.4) is 0 Å². The molecular weight excluding hydrogens is 138 g/mol. The molecule has 0 fully saturated rings. The third-order valence-electron chi connectivity index (χ3n) is 1.56. The van der Waals surface area contributed by atoms with Gasteiger partial charge in [-0.1, -0.05) is 25.2 Å². The maximum atomic E-state index is 9.32. The lowest BCUT2D eigenvalue weighted by Crippen LogP contribution is -1.90. The van der Waals surface area contributed by atoms with Crippen molar-refractivity contribution >= 4 is 6.21 Å². The molecule has 1 rings (SSSR count). The quantitative estimate of drug-likeness (QED) is 0.551. The van der Waals surface area contributed by atoms with Crippen LogP contribution in [0.4, 0.5) is 0 Å². The second kappa shape index (κ2) is 3.19. The molecule has 0 aliphatic heterocycles. The molecule has 1 aliphatic rings. The fraction of sp³-hybridized carbons (Fsp3) is 0.222. The first-order valence-corrected chi connectivity index (χ1v) is 3.54. The van der Waals surface area contributed by atoms with E-state index in [-0.39, 0.29) is 11.7 Å². The van der Waals surface area contributed by atoms with Gasteiger partial charge in [0, 0.05) is 11.8 Å². The normalized spacial score (nSPS) is 23.5. The minimum Gasteiger partial charge on any atom is -0.508 e. The Kier molecular flexibility index (Phi) is 2.26. The number of aliphatic hydroxyl groups excluding tert-OH is 1. The number of rotatable bonds is 1. The van der Waals surface area contributed by atoms with E-state index in [0.717, 1.165) is 6.21 Å². The third kappa shape index (κ3) is 1.80. The van der Waals surface area contributed by atoms with Crippen molar-refractivity contribution in [3.63, 3.8) is 0 Å². The van der Waals surface area contributed by atoms with Crippen LogP contribution in [0.25, 0.3) is 0 Å². The molecule has 0 radical (unpaired) electrons. The maximum absolute atomic E-state index is 9.32. The molecule has 11 heavy (non-hydrogen) atoms. The minimum absolute atomic E-state index is 0.192. The molecule has 1 atom stereocenters. The first kappa shape index (κ1) is 7.79. The third-order valence-corrected chi connectivity index (χ3v) is 1.56. The molecule has 0 heterocycles. The number of hydrogen-bond donors (Lipinski definition) is 2.